The van der Waals surface area contributed by atoms with Gasteiger partial charge in [-0.15, -0.1) is 0 Å². The summed E-state index contributed by atoms with van der Waals surface area (Å²) in [6.45, 7) is 0.498. The van der Waals surface area contributed by atoms with E-state index in [-0.39, 0.29) is 25.3 Å². The zero-order valence-electron chi connectivity index (χ0n) is 14.5. The quantitative estimate of drug-likeness (QED) is 0.830. The van der Waals surface area contributed by atoms with Gasteiger partial charge in [0.1, 0.15) is 11.4 Å². The Balaban J connectivity index is 1.61. The number of nitrogens with zero attached hydrogens (tertiary/aromatic N) is 1. The van der Waals surface area contributed by atoms with Crippen molar-refractivity contribution in [1.29, 1.82) is 0 Å². The third-order valence-electron chi connectivity index (χ3n) is 5.27. The fourth-order valence-electron chi connectivity index (χ4n) is 3.78. The summed E-state index contributed by atoms with van der Waals surface area (Å²) >= 11 is 6.27. The van der Waals surface area contributed by atoms with Gasteiger partial charge in [-0.1, -0.05) is 35.9 Å². The summed E-state index contributed by atoms with van der Waals surface area (Å²) in [5.41, 5.74) is 1.58. The second-order valence-electron chi connectivity index (χ2n) is 7.02. The molecule has 6 nitrogen and oxygen atoms in total. The average molecular weight is 407 g/mol. The minimum absolute atomic E-state index is 0.00536. The largest absolute Gasteiger partial charge is 0.486 e. The van der Waals surface area contributed by atoms with Gasteiger partial charge in [-0.25, -0.2) is 5.14 Å². The van der Waals surface area contributed by atoms with Crippen LogP contribution in [0.5, 0.6) is 5.75 Å². The fraction of sp³-hybridized carbons (Fsp3) is 0.316. The van der Waals surface area contributed by atoms with Crippen LogP contribution in [0.3, 0.4) is 0 Å². The molecule has 0 atom stereocenters. The van der Waals surface area contributed by atoms with E-state index in [1.54, 1.807) is 6.07 Å². The van der Waals surface area contributed by atoms with Crippen molar-refractivity contribution in [2.24, 2.45) is 5.14 Å². The van der Waals surface area contributed by atoms with Crippen molar-refractivity contribution < 1.29 is 17.9 Å². The summed E-state index contributed by atoms with van der Waals surface area (Å²) in [5, 5.41) is 5.81. The summed E-state index contributed by atoms with van der Waals surface area (Å²) in [5.74, 6) is 0.528. The van der Waals surface area contributed by atoms with Gasteiger partial charge in [-0.3, -0.25) is 4.79 Å². The Morgan fingerprint density at radius 1 is 1.07 bits per heavy atom. The van der Waals surface area contributed by atoms with E-state index in [0.717, 1.165) is 11.1 Å². The minimum atomic E-state index is -3.72. The number of carbonyl (C=O) groups excluding carboxylic acids is 1. The molecule has 2 aliphatic heterocycles. The molecule has 0 aromatic heterocycles. The molecule has 2 N–H and O–H groups in total. The van der Waals surface area contributed by atoms with E-state index < -0.39 is 15.8 Å². The molecule has 27 heavy (non-hydrogen) atoms. The van der Waals surface area contributed by atoms with E-state index in [9.17, 15) is 13.2 Å². The molecular formula is C19H19ClN2O4S. The van der Waals surface area contributed by atoms with Gasteiger partial charge in [0.2, 0.25) is 0 Å². The van der Waals surface area contributed by atoms with Crippen molar-refractivity contribution in [3.05, 3.63) is 53.1 Å². The first-order chi connectivity index (χ1) is 12.8. The number of nitrogens with two attached hydrogens (primary N) is 1. The van der Waals surface area contributed by atoms with Crippen molar-refractivity contribution >= 4 is 27.6 Å². The normalized spacial score (nSPS) is 19.6. The maximum absolute atomic E-state index is 12.8. The molecule has 2 aromatic rings. The van der Waals surface area contributed by atoms with E-state index in [1.165, 1.54) is 4.31 Å². The predicted octanol–water partition coefficient (Wildman–Crippen LogP) is 3.01. The highest BCUT2D eigenvalue weighted by Gasteiger charge is 2.44. The van der Waals surface area contributed by atoms with Gasteiger partial charge in [0, 0.05) is 36.5 Å². The molecule has 1 spiro atoms. The summed E-state index contributed by atoms with van der Waals surface area (Å²) in [6, 6.07) is 12.9. The van der Waals surface area contributed by atoms with Gasteiger partial charge in [0.05, 0.1) is 12.0 Å². The number of piperidine rings is 1. The van der Waals surface area contributed by atoms with Gasteiger partial charge in [0.15, 0.2) is 5.78 Å². The lowest BCUT2D eigenvalue weighted by molar-refractivity contribution is 0.00594. The van der Waals surface area contributed by atoms with Crippen LogP contribution in [-0.2, 0) is 10.2 Å². The first-order valence-electron chi connectivity index (χ1n) is 8.67. The molecule has 4 rings (SSSR count). The molecule has 0 saturated carbocycles. The van der Waals surface area contributed by atoms with E-state index in [1.807, 2.05) is 36.4 Å². The number of hydrogen-bond acceptors (Lipinski definition) is 4. The molecule has 1 fully saturated rings. The molecule has 2 aromatic carbocycles. The Labute approximate surface area is 163 Å². The monoisotopic (exact) mass is 406 g/mol. The number of Topliss-reactive ketones (excluding diaryl/α,β-unsaturated/α-hetero) is 1. The highest BCUT2D eigenvalue weighted by atomic mass is 35.5. The summed E-state index contributed by atoms with van der Waals surface area (Å²) in [7, 11) is -3.72. The molecule has 0 bridgehead atoms. The van der Waals surface area contributed by atoms with E-state index >= 15 is 0 Å². The summed E-state index contributed by atoms with van der Waals surface area (Å²) in [6.07, 6.45) is 1.09. The number of fused-ring (bicyclic) bond motifs is 1. The second-order valence-corrected chi connectivity index (χ2v) is 8.97. The lowest BCUT2D eigenvalue weighted by atomic mass is 9.82. The van der Waals surface area contributed by atoms with Crippen LogP contribution >= 0.6 is 11.6 Å². The Hall–Kier alpha value is -1.93. The first-order valence-corrected chi connectivity index (χ1v) is 10.5. The number of ether oxygens (including phenoxy) is 1. The highest BCUT2D eigenvalue weighted by Crippen LogP contribution is 2.41. The van der Waals surface area contributed by atoms with Crippen LogP contribution in [0.4, 0.5) is 0 Å². The molecular weight excluding hydrogens is 388 g/mol. The number of halogens is 1. The maximum Gasteiger partial charge on any atom is 0.276 e. The Morgan fingerprint density at radius 2 is 1.78 bits per heavy atom. The molecule has 2 heterocycles. The molecule has 8 heteroatoms. The third kappa shape index (κ3) is 3.48. The van der Waals surface area contributed by atoms with Gasteiger partial charge in [-0.2, -0.15) is 12.7 Å². The maximum atomic E-state index is 12.8. The number of hydrogen-bond donors (Lipinski definition) is 1. The Morgan fingerprint density at radius 3 is 2.44 bits per heavy atom. The first kappa shape index (κ1) is 18.4. The summed E-state index contributed by atoms with van der Waals surface area (Å²) in [4.78, 5) is 12.8. The van der Waals surface area contributed by atoms with Crippen LogP contribution < -0.4 is 9.88 Å². The van der Waals surface area contributed by atoms with E-state index in [4.69, 9.17) is 21.5 Å². The van der Waals surface area contributed by atoms with Crippen molar-refractivity contribution in [2.45, 2.75) is 24.9 Å². The molecule has 1 saturated heterocycles. The number of rotatable bonds is 2. The minimum Gasteiger partial charge on any atom is -0.486 e. The number of ketones is 1. The number of benzene rings is 2. The molecule has 0 amide bonds. The zero-order valence-corrected chi connectivity index (χ0v) is 16.1. The average Bonchev–Trinajstić information content (AvgIpc) is 2.62. The van der Waals surface area contributed by atoms with Crippen LogP contribution in [0.15, 0.2) is 42.5 Å². The molecule has 0 unspecified atom stereocenters. The van der Waals surface area contributed by atoms with E-state index in [2.05, 4.69) is 0 Å². The molecule has 142 valence electrons. The zero-order chi connectivity index (χ0) is 19.2. The standard InChI is InChI=1S/C19H19ClN2O4S/c20-16-4-2-1-3-14(16)13-5-6-18-15(11-13)17(23)12-19(26-18)7-9-22(10-8-19)27(21,24)25/h1-6,11H,7-10,12H2,(H2,21,24,25). The predicted molar refractivity (Wildman–Crippen MR) is 103 cm³/mol. The second kappa shape index (κ2) is 6.60. The SMILES string of the molecule is NS(=O)(=O)N1CCC2(CC1)CC(=O)c1cc(-c3ccccc3Cl)ccc1O2. The van der Waals surface area contributed by atoms with Crippen molar-refractivity contribution in [1.82, 2.24) is 4.31 Å². The van der Waals surface area contributed by atoms with Crippen LogP contribution in [0, 0.1) is 0 Å². The summed E-state index contributed by atoms with van der Waals surface area (Å²) < 4.78 is 30.4. The van der Waals surface area contributed by atoms with Gasteiger partial charge >= 0.3 is 0 Å². The van der Waals surface area contributed by atoms with Gasteiger partial charge < -0.3 is 4.74 Å². The number of carbonyl (C=O) groups is 1. The highest BCUT2D eigenvalue weighted by molar-refractivity contribution is 7.86. The fourth-order valence-corrected chi connectivity index (χ4v) is 4.72. The Kier molecular flexibility index (Phi) is 4.50. The third-order valence-corrected chi connectivity index (χ3v) is 6.68. The lowest BCUT2D eigenvalue weighted by Gasteiger charge is -2.43. The van der Waals surface area contributed by atoms with Gasteiger partial charge in [0.25, 0.3) is 10.2 Å². The topological polar surface area (TPSA) is 89.7 Å². The van der Waals surface area contributed by atoms with Crippen molar-refractivity contribution in [3.8, 4) is 16.9 Å². The van der Waals surface area contributed by atoms with E-state index in [0.29, 0.717) is 29.2 Å². The van der Waals surface area contributed by atoms with Crippen LogP contribution in [0.2, 0.25) is 5.02 Å². The van der Waals surface area contributed by atoms with Crippen molar-refractivity contribution in [3.63, 3.8) is 0 Å². The smallest absolute Gasteiger partial charge is 0.276 e. The Bertz CT molecular complexity index is 1010. The van der Waals surface area contributed by atoms with Crippen LogP contribution in [0.1, 0.15) is 29.6 Å². The van der Waals surface area contributed by atoms with Gasteiger partial charge in [-0.05, 0) is 23.8 Å². The molecule has 0 radical (unpaired) electrons. The van der Waals surface area contributed by atoms with Crippen LogP contribution in [-0.4, -0.2) is 37.2 Å². The van der Waals surface area contributed by atoms with Crippen molar-refractivity contribution in [2.75, 3.05) is 13.1 Å². The lowest BCUT2D eigenvalue weighted by Crippen LogP contribution is -2.53. The molecule has 2 aliphatic rings. The van der Waals surface area contributed by atoms with Crippen LogP contribution in [0.25, 0.3) is 11.1 Å². The molecule has 0 aliphatic carbocycles.